The van der Waals surface area contributed by atoms with Gasteiger partial charge >= 0.3 is 5.97 Å². The van der Waals surface area contributed by atoms with Crippen LogP contribution in [0.5, 0.6) is 0 Å². The largest absolute Gasteiger partial charge is 0.477 e. The van der Waals surface area contributed by atoms with Crippen molar-refractivity contribution in [3.63, 3.8) is 0 Å². The molecule has 0 aromatic heterocycles. The van der Waals surface area contributed by atoms with E-state index in [1.807, 2.05) is 0 Å². The summed E-state index contributed by atoms with van der Waals surface area (Å²) in [6, 6.07) is 1.22. The van der Waals surface area contributed by atoms with Gasteiger partial charge in [-0.25, -0.2) is 9.18 Å². The highest BCUT2D eigenvalue weighted by Crippen LogP contribution is 2.27. The van der Waals surface area contributed by atoms with E-state index in [9.17, 15) is 19.3 Å². The van der Waals surface area contributed by atoms with Gasteiger partial charge < -0.3 is 5.11 Å². The summed E-state index contributed by atoms with van der Waals surface area (Å²) in [6.45, 7) is 0. The number of carboxylic acid groups (broad SMARTS) is 1. The van der Waals surface area contributed by atoms with Crippen LogP contribution in [0.1, 0.15) is 10.4 Å². The van der Waals surface area contributed by atoms with Gasteiger partial charge in [-0.3, -0.25) is 10.1 Å². The normalized spacial score (nSPS) is 9.86. The molecular weight excluding hydrogens is 217 g/mol. The molecule has 7 heteroatoms. The van der Waals surface area contributed by atoms with Gasteiger partial charge in [0.05, 0.1) is 16.0 Å². The Labute approximate surface area is 81.9 Å². The molecule has 0 aliphatic rings. The predicted octanol–water partition coefficient (Wildman–Crippen LogP) is 2.09. The van der Waals surface area contributed by atoms with Crippen molar-refractivity contribution >= 4 is 23.3 Å². The smallest absolute Gasteiger partial charge is 0.344 e. The Hall–Kier alpha value is -1.69. The number of nitro groups is 1. The minimum atomic E-state index is -1.57. The highest BCUT2D eigenvalue weighted by molar-refractivity contribution is 6.34. The van der Waals surface area contributed by atoms with Gasteiger partial charge in [0.15, 0.2) is 5.56 Å². The van der Waals surface area contributed by atoms with Crippen LogP contribution < -0.4 is 0 Å². The first-order valence-electron chi connectivity index (χ1n) is 3.30. The fourth-order valence-corrected chi connectivity index (χ4v) is 1.20. The Balaban J connectivity index is 3.52. The Bertz CT molecular complexity index is 420. The highest BCUT2D eigenvalue weighted by Gasteiger charge is 2.24. The van der Waals surface area contributed by atoms with Gasteiger partial charge in [0.2, 0.25) is 0 Å². The van der Waals surface area contributed by atoms with Crippen LogP contribution >= 0.6 is 11.6 Å². The number of rotatable bonds is 2. The topological polar surface area (TPSA) is 80.4 Å². The van der Waals surface area contributed by atoms with E-state index in [-0.39, 0.29) is 0 Å². The summed E-state index contributed by atoms with van der Waals surface area (Å²) in [7, 11) is 0. The molecule has 0 fully saturated rings. The molecule has 0 unspecified atom stereocenters. The summed E-state index contributed by atoms with van der Waals surface area (Å²) < 4.78 is 12.6. The number of nitro benzene ring substituents is 1. The SMILES string of the molecule is O=C(O)c1c(Cl)cc(F)cc1[N+](=O)[O-]. The quantitative estimate of drug-likeness (QED) is 0.610. The molecular formula is C7H3ClFNO4. The van der Waals surface area contributed by atoms with Gasteiger partial charge in [0, 0.05) is 0 Å². The first-order valence-corrected chi connectivity index (χ1v) is 3.68. The molecule has 0 heterocycles. The Morgan fingerprint density at radius 1 is 1.57 bits per heavy atom. The number of benzene rings is 1. The van der Waals surface area contributed by atoms with Crippen molar-refractivity contribution < 1.29 is 19.2 Å². The second kappa shape index (κ2) is 3.59. The molecule has 0 radical (unpaired) electrons. The second-order valence-corrected chi connectivity index (χ2v) is 2.75. The third kappa shape index (κ3) is 1.80. The van der Waals surface area contributed by atoms with E-state index < -0.39 is 33.0 Å². The van der Waals surface area contributed by atoms with Crippen LogP contribution in [0.2, 0.25) is 5.02 Å². The van der Waals surface area contributed by atoms with Crippen LogP contribution in [0, 0.1) is 15.9 Å². The third-order valence-electron chi connectivity index (χ3n) is 1.44. The van der Waals surface area contributed by atoms with E-state index >= 15 is 0 Å². The van der Waals surface area contributed by atoms with Gasteiger partial charge in [0.1, 0.15) is 5.82 Å². The van der Waals surface area contributed by atoms with Crippen molar-refractivity contribution in [3.8, 4) is 0 Å². The standard InChI is InChI=1S/C7H3ClFNO4/c8-4-1-3(9)2-5(10(13)14)6(4)7(11)12/h1-2H,(H,11,12). The number of halogens is 2. The third-order valence-corrected chi connectivity index (χ3v) is 1.74. The fourth-order valence-electron chi connectivity index (χ4n) is 0.916. The van der Waals surface area contributed by atoms with Gasteiger partial charge in [-0.1, -0.05) is 11.6 Å². The van der Waals surface area contributed by atoms with Crippen LogP contribution in [0.25, 0.3) is 0 Å². The summed E-state index contributed by atoms with van der Waals surface area (Å²) >= 11 is 5.35. The van der Waals surface area contributed by atoms with Crippen molar-refractivity contribution in [2.45, 2.75) is 0 Å². The summed E-state index contributed by atoms with van der Waals surface area (Å²) in [5.41, 5.74) is -1.57. The van der Waals surface area contributed by atoms with Crippen molar-refractivity contribution in [3.05, 3.63) is 38.7 Å². The van der Waals surface area contributed by atoms with Crippen molar-refractivity contribution in [1.82, 2.24) is 0 Å². The molecule has 0 saturated heterocycles. The summed E-state index contributed by atoms with van der Waals surface area (Å²) in [5, 5.41) is 18.4. The molecule has 0 bridgehead atoms. The number of carboxylic acids is 1. The highest BCUT2D eigenvalue weighted by atomic mass is 35.5. The Morgan fingerprint density at radius 3 is 2.57 bits per heavy atom. The number of nitrogens with zero attached hydrogens (tertiary/aromatic N) is 1. The van der Waals surface area contributed by atoms with E-state index in [1.54, 1.807) is 0 Å². The van der Waals surface area contributed by atoms with E-state index in [1.165, 1.54) is 0 Å². The second-order valence-electron chi connectivity index (χ2n) is 2.34. The van der Waals surface area contributed by atoms with Gasteiger partial charge in [-0.2, -0.15) is 0 Å². The van der Waals surface area contributed by atoms with Crippen LogP contribution in [0.15, 0.2) is 12.1 Å². The van der Waals surface area contributed by atoms with Crippen molar-refractivity contribution in [1.29, 1.82) is 0 Å². The van der Waals surface area contributed by atoms with Crippen LogP contribution in [-0.4, -0.2) is 16.0 Å². The first kappa shape index (κ1) is 10.4. The van der Waals surface area contributed by atoms with E-state index in [0.717, 1.165) is 0 Å². The lowest BCUT2D eigenvalue weighted by Gasteiger charge is -2.00. The first-order chi connectivity index (χ1) is 6.43. The minimum absolute atomic E-state index is 0.496. The fraction of sp³-hybridized carbons (Fsp3) is 0. The molecule has 0 atom stereocenters. The maximum atomic E-state index is 12.6. The molecule has 1 N–H and O–H groups in total. The van der Waals surface area contributed by atoms with Crippen LogP contribution in [0.3, 0.4) is 0 Å². The zero-order valence-corrected chi connectivity index (χ0v) is 7.29. The number of aromatic carboxylic acids is 1. The maximum absolute atomic E-state index is 12.6. The van der Waals surface area contributed by atoms with E-state index in [4.69, 9.17) is 16.7 Å². The molecule has 0 saturated carbocycles. The lowest BCUT2D eigenvalue weighted by atomic mass is 10.2. The molecule has 14 heavy (non-hydrogen) atoms. The molecule has 1 rings (SSSR count). The molecule has 0 spiro atoms. The van der Waals surface area contributed by atoms with Crippen LogP contribution in [-0.2, 0) is 0 Å². The van der Waals surface area contributed by atoms with E-state index in [0.29, 0.717) is 12.1 Å². The number of carbonyl (C=O) groups is 1. The molecule has 0 aliphatic heterocycles. The molecule has 0 aliphatic carbocycles. The van der Waals surface area contributed by atoms with Crippen molar-refractivity contribution in [2.24, 2.45) is 0 Å². The molecule has 74 valence electrons. The van der Waals surface area contributed by atoms with Gasteiger partial charge in [-0.05, 0) is 6.07 Å². The monoisotopic (exact) mass is 219 g/mol. The Kier molecular flexibility index (Phi) is 2.66. The maximum Gasteiger partial charge on any atom is 0.344 e. The van der Waals surface area contributed by atoms with Gasteiger partial charge in [-0.15, -0.1) is 0 Å². The lowest BCUT2D eigenvalue weighted by molar-refractivity contribution is -0.385. The summed E-state index contributed by atoms with van der Waals surface area (Å²) in [6.07, 6.45) is 0. The molecule has 1 aromatic rings. The molecule has 0 amide bonds. The molecule has 5 nitrogen and oxygen atoms in total. The van der Waals surface area contributed by atoms with Crippen molar-refractivity contribution in [2.75, 3.05) is 0 Å². The molecule has 1 aromatic carbocycles. The summed E-state index contributed by atoms with van der Waals surface area (Å²) in [4.78, 5) is 19.9. The van der Waals surface area contributed by atoms with Crippen LogP contribution in [0.4, 0.5) is 10.1 Å². The average Bonchev–Trinajstić information content (AvgIpc) is 2.01. The number of hydrogen-bond donors (Lipinski definition) is 1. The lowest BCUT2D eigenvalue weighted by Crippen LogP contribution is -2.04. The average molecular weight is 220 g/mol. The zero-order valence-electron chi connectivity index (χ0n) is 6.53. The number of hydrogen-bond acceptors (Lipinski definition) is 3. The predicted molar refractivity (Wildman–Crippen MR) is 45.0 cm³/mol. The van der Waals surface area contributed by atoms with Gasteiger partial charge in [0.25, 0.3) is 5.69 Å². The minimum Gasteiger partial charge on any atom is -0.477 e. The zero-order chi connectivity index (χ0) is 10.9. The Morgan fingerprint density at radius 2 is 2.14 bits per heavy atom. The van der Waals surface area contributed by atoms with E-state index in [2.05, 4.69) is 0 Å². The summed E-state index contributed by atoms with van der Waals surface area (Å²) in [5.74, 6) is -2.52.